The maximum Gasteiger partial charge on any atom is 0.253 e. The standard InChI is InChI=1S/C11H12N4O2/c1-15-3-2-13-10(15)7-14-11(17)8-4-9(16)6-12-5-8/h2-6,16H,7H2,1H3,(H,14,17). The number of aryl methyl sites for hydroxylation is 1. The minimum Gasteiger partial charge on any atom is -0.506 e. The van der Waals surface area contributed by atoms with Gasteiger partial charge in [-0.05, 0) is 6.07 Å². The van der Waals surface area contributed by atoms with E-state index in [1.165, 1.54) is 18.5 Å². The number of rotatable bonds is 3. The van der Waals surface area contributed by atoms with Crippen molar-refractivity contribution in [3.63, 3.8) is 0 Å². The van der Waals surface area contributed by atoms with Gasteiger partial charge in [-0.15, -0.1) is 0 Å². The fraction of sp³-hybridized carbons (Fsp3) is 0.182. The van der Waals surface area contributed by atoms with Crippen LogP contribution < -0.4 is 5.32 Å². The highest BCUT2D eigenvalue weighted by Gasteiger charge is 2.07. The second-order valence-electron chi connectivity index (χ2n) is 3.57. The van der Waals surface area contributed by atoms with Crippen LogP contribution in [-0.2, 0) is 13.6 Å². The molecule has 0 bridgehead atoms. The lowest BCUT2D eigenvalue weighted by molar-refractivity contribution is 0.0949. The first-order valence-corrected chi connectivity index (χ1v) is 5.05. The van der Waals surface area contributed by atoms with Crippen LogP contribution in [0.4, 0.5) is 0 Å². The highest BCUT2D eigenvalue weighted by Crippen LogP contribution is 2.08. The molecule has 2 rings (SSSR count). The number of nitrogens with one attached hydrogen (secondary N) is 1. The van der Waals surface area contributed by atoms with Crippen molar-refractivity contribution >= 4 is 5.91 Å². The molecule has 0 saturated carbocycles. The molecule has 0 radical (unpaired) electrons. The molecule has 0 fully saturated rings. The third kappa shape index (κ3) is 2.60. The number of carbonyl (C=O) groups is 1. The van der Waals surface area contributed by atoms with Gasteiger partial charge in [-0.1, -0.05) is 0 Å². The van der Waals surface area contributed by atoms with Crippen LogP contribution in [-0.4, -0.2) is 25.5 Å². The van der Waals surface area contributed by atoms with Crippen molar-refractivity contribution in [2.24, 2.45) is 7.05 Å². The van der Waals surface area contributed by atoms with E-state index in [0.29, 0.717) is 12.1 Å². The van der Waals surface area contributed by atoms with Crippen molar-refractivity contribution in [3.05, 3.63) is 42.2 Å². The summed E-state index contributed by atoms with van der Waals surface area (Å²) in [5.74, 6) is 0.428. The van der Waals surface area contributed by atoms with E-state index in [9.17, 15) is 9.90 Å². The van der Waals surface area contributed by atoms with Gasteiger partial charge in [0.25, 0.3) is 5.91 Å². The van der Waals surface area contributed by atoms with Crippen LogP contribution in [0.3, 0.4) is 0 Å². The molecule has 1 amide bonds. The molecule has 0 unspecified atom stereocenters. The third-order valence-corrected chi connectivity index (χ3v) is 2.31. The number of hydrogen-bond donors (Lipinski definition) is 2. The molecule has 2 N–H and O–H groups in total. The lowest BCUT2D eigenvalue weighted by atomic mass is 10.2. The molecule has 0 saturated heterocycles. The van der Waals surface area contributed by atoms with E-state index in [1.807, 2.05) is 11.6 Å². The van der Waals surface area contributed by atoms with E-state index in [4.69, 9.17) is 0 Å². The number of aromatic nitrogens is 3. The lowest BCUT2D eigenvalue weighted by Crippen LogP contribution is -2.24. The highest BCUT2D eigenvalue weighted by atomic mass is 16.3. The Morgan fingerprint density at radius 1 is 1.53 bits per heavy atom. The fourth-order valence-electron chi connectivity index (χ4n) is 1.38. The van der Waals surface area contributed by atoms with Crippen molar-refractivity contribution in [2.75, 3.05) is 0 Å². The largest absolute Gasteiger partial charge is 0.506 e. The van der Waals surface area contributed by atoms with Crippen LogP contribution in [0.5, 0.6) is 5.75 Å². The van der Waals surface area contributed by atoms with Gasteiger partial charge in [0.05, 0.1) is 18.3 Å². The Hall–Kier alpha value is -2.37. The van der Waals surface area contributed by atoms with E-state index in [2.05, 4.69) is 15.3 Å². The smallest absolute Gasteiger partial charge is 0.253 e. The average Bonchev–Trinajstić information content (AvgIpc) is 2.72. The predicted molar refractivity (Wildman–Crippen MR) is 60.3 cm³/mol. The minimum atomic E-state index is -0.295. The van der Waals surface area contributed by atoms with Crippen molar-refractivity contribution in [3.8, 4) is 5.75 Å². The Balaban J connectivity index is 2.01. The molecule has 2 aromatic rings. The number of amides is 1. The molecule has 0 aliphatic heterocycles. The summed E-state index contributed by atoms with van der Waals surface area (Å²) in [6, 6.07) is 1.36. The number of hydrogen-bond acceptors (Lipinski definition) is 4. The van der Waals surface area contributed by atoms with Gasteiger partial charge in [-0.2, -0.15) is 0 Å². The van der Waals surface area contributed by atoms with Gasteiger partial charge >= 0.3 is 0 Å². The second kappa shape index (κ2) is 4.65. The molecule has 6 nitrogen and oxygen atoms in total. The summed E-state index contributed by atoms with van der Waals surface area (Å²) >= 11 is 0. The summed E-state index contributed by atoms with van der Waals surface area (Å²) in [5, 5.41) is 11.9. The van der Waals surface area contributed by atoms with Crippen LogP contribution in [0.25, 0.3) is 0 Å². The number of carbonyl (C=O) groups excluding carboxylic acids is 1. The van der Waals surface area contributed by atoms with E-state index >= 15 is 0 Å². The quantitative estimate of drug-likeness (QED) is 0.805. The molecule has 17 heavy (non-hydrogen) atoms. The Morgan fingerprint density at radius 3 is 3.00 bits per heavy atom. The van der Waals surface area contributed by atoms with Gasteiger partial charge in [0, 0.05) is 25.6 Å². The maximum atomic E-state index is 11.7. The Kier molecular flexibility index (Phi) is 3.04. The molecule has 2 heterocycles. The Labute approximate surface area is 97.9 Å². The van der Waals surface area contributed by atoms with Gasteiger partial charge in [-0.3, -0.25) is 9.78 Å². The summed E-state index contributed by atoms with van der Waals surface area (Å²) < 4.78 is 1.82. The Bertz CT molecular complexity index is 536. The average molecular weight is 232 g/mol. The van der Waals surface area contributed by atoms with Crippen molar-refractivity contribution < 1.29 is 9.90 Å². The van der Waals surface area contributed by atoms with Gasteiger partial charge in [-0.25, -0.2) is 4.98 Å². The van der Waals surface area contributed by atoms with Crippen LogP contribution in [0.1, 0.15) is 16.2 Å². The molecule has 0 aliphatic rings. The van der Waals surface area contributed by atoms with Gasteiger partial charge in [0.15, 0.2) is 0 Å². The van der Waals surface area contributed by atoms with Crippen LogP contribution in [0.15, 0.2) is 30.9 Å². The zero-order chi connectivity index (χ0) is 12.3. The first-order chi connectivity index (χ1) is 8.16. The molecule has 88 valence electrons. The monoisotopic (exact) mass is 232 g/mol. The maximum absolute atomic E-state index is 11.7. The zero-order valence-electron chi connectivity index (χ0n) is 9.29. The van der Waals surface area contributed by atoms with Crippen LogP contribution in [0, 0.1) is 0 Å². The normalized spacial score (nSPS) is 10.2. The number of nitrogens with zero attached hydrogens (tertiary/aromatic N) is 3. The first kappa shape index (κ1) is 11.1. The van der Waals surface area contributed by atoms with Gasteiger partial charge in [0.2, 0.25) is 0 Å². The summed E-state index contributed by atoms with van der Waals surface area (Å²) in [6.45, 7) is 0.331. The van der Waals surface area contributed by atoms with Gasteiger partial charge < -0.3 is 15.0 Å². The summed E-state index contributed by atoms with van der Waals surface area (Å²) in [7, 11) is 1.85. The minimum absolute atomic E-state index is 0.0327. The zero-order valence-corrected chi connectivity index (χ0v) is 9.29. The Morgan fingerprint density at radius 2 is 2.35 bits per heavy atom. The number of pyridine rings is 1. The van der Waals surface area contributed by atoms with E-state index in [-0.39, 0.29) is 11.7 Å². The topological polar surface area (TPSA) is 80.0 Å². The molecule has 0 aliphatic carbocycles. The molecule has 6 heteroatoms. The van der Waals surface area contributed by atoms with Crippen LogP contribution >= 0.6 is 0 Å². The molecule has 0 spiro atoms. The molecule has 0 aromatic carbocycles. The SMILES string of the molecule is Cn1ccnc1CNC(=O)c1cncc(O)c1. The first-order valence-electron chi connectivity index (χ1n) is 5.05. The summed E-state index contributed by atoms with van der Waals surface area (Å²) in [4.78, 5) is 19.5. The third-order valence-electron chi connectivity index (χ3n) is 2.31. The molecular formula is C11H12N4O2. The van der Waals surface area contributed by atoms with Gasteiger partial charge in [0.1, 0.15) is 11.6 Å². The van der Waals surface area contributed by atoms with E-state index < -0.39 is 0 Å². The second-order valence-corrected chi connectivity index (χ2v) is 3.57. The number of aromatic hydroxyl groups is 1. The highest BCUT2D eigenvalue weighted by molar-refractivity contribution is 5.94. The van der Waals surface area contributed by atoms with Crippen molar-refractivity contribution in [1.29, 1.82) is 0 Å². The van der Waals surface area contributed by atoms with Crippen LogP contribution in [0.2, 0.25) is 0 Å². The van der Waals surface area contributed by atoms with E-state index in [0.717, 1.165) is 5.82 Å². The van der Waals surface area contributed by atoms with Crippen molar-refractivity contribution in [1.82, 2.24) is 19.9 Å². The molecule has 2 aromatic heterocycles. The summed E-state index contributed by atoms with van der Waals surface area (Å²) in [5.41, 5.74) is 0.319. The predicted octanol–water partition coefficient (Wildman–Crippen LogP) is 0.451. The molecule has 0 atom stereocenters. The van der Waals surface area contributed by atoms with E-state index in [1.54, 1.807) is 12.4 Å². The molecular weight excluding hydrogens is 220 g/mol. The fourth-order valence-corrected chi connectivity index (χ4v) is 1.38. The summed E-state index contributed by atoms with van der Waals surface area (Å²) in [6.07, 6.45) is 6.14. The van der Waals surface area contributed by atoms with Crippen molar-refractivity contribution in [2.45, 2.75) is 6.54 Å². The lowest BCUT2D eigenvalue weighted by Gasteiger charge is -2.05. The number of imidazole rings is 1.